The fourth-order valence-electron chi connectivity index (χ4n) is 2.43. The van der Waals surface area contributed by atoms with Crippen molar-refractivity contribution in [2.45, 2.75) is 10.9 Å². The van der Waals surface area contributed by atoms with Crippen LogP contribution in [0.2, 0.25) is 0 Å². The van der Waals surface area contributed by atoms with Crippen molar-refractivity contribution in [3.8, 4) is 22.9 Å². The van der Waals surface area contributed by atoms with E-state index in [-0.39, 0.29) is 5.82 Å². The van der Waals surface area contributed by atoms with Gasteiger partial charge in [-0.15, -0.1) is 10.2 Å². The summed E-state index contributed by atoms with van der Waals surface area (Å²) in [5.74, 6) is 2.46. The van der Waals surface area contributed by atoms with Crippen LogP contribution in [0.3, 0.4) is 0 Å². The molecule has 0 spiro atoms. The minimum atomic E-state index is -0.284. The Labute approximate surface area is 149 Å². The van der Waals surface area contributed by atoms with E-state index < -0.39 is 0 Å². The van der Waals surface area contributed by atoms with Crippen LogP contribution in [0.4, 0.5) is 4.39 Å². The first-order chi connectivity index (χ1) is 12.1. The summed E-state index contributed by atoms with van der Waals surface area (Å²) in [5, 5.41) is 9.25. The lowest BCUT2D eigenvalue weighted by atomic mass is 10.2. The number of ether oxygens (including phenoxy) is 2. The van der Waals surface area contributed by atoms with Crippen LogP contribution in [-0.4, -0.2) is 29.0 Å². The zero-order valence-corrected chi connectivity index (χ0v) is 15.0. The first-order valence-corrected chi connectivity index (χ1v) is 8.60. The van der Waals surface area contributed by atoms with Crippen LogP contribution in [0.15, 0.2) is 47.6 Å². The molecular weight excluding hydrogens is 341 g/mol. The molecule has 3 rings (SSSR count). The maximum Gasteiger partial charge on any atom is 0.191 e. The van der Waals surface area contributed by atoms with E-state index in [2.05, 4.69) is 10.2 Å². The summed E-state index contributed by atoms with van der Waals surface area (Å²) >= 11 is 1.48. The second kappa shape index (κ2) is 7.57. The fraction of sp³-hybridized carbons (Fsp3) is 0.222. The highest BCUT2D eigenvalue weighted by Crippen LogP contribution is 2.29. The van der Waals surface area contributed by atoms with E-state index >= 15 is 0 Å². The first-order valence-electron chi connectivity index (χ1n) is 7.61. The molecule has 1 aromatic heterocycles. The molecule has 2 aromatic carbocycles. The van der Waals surface area contributed by atoms with Gasteiger partial charge in [-0.25, -0.2) is 4.39 Å². The summed E-state index contributed by atoms with van der Waals surface area (Å²) in [6, 6.07) is 12.1. The molecule has 0 saturated carbocycles. The molecule has 0 aliphatic carbocycles. The van der Waals surface area contributed by atoms with Gasteiger partial charge in [-0.2, -0.15) is 0 Å². The number of nitrogens with zero attached hydrogens (tertiary/aromatic N) is 3. The highest BCUT2D eigenvalue weighted by Gasteiger charge is 2.13. The van der Waals surface area contributed by atoms with Crippen LogP contribution in [0.1, 0.15) is 5.56 Å². The Hall–Kier alpha value is -2.54. The van der Waals surface area contributed by atoms with Crippen LogP contribution in [-0.2, 0) is 12.8 Å². The van der Waals surface area contributed by atoms with Gasteiger partial charge in [0.1, 0.15) is 17.3 Å². The Kier molecular flexibility index (Phi) is 5.23. The van der Waals surface area contributed by atoms with Crippen molar-refractivity contribution in [2.75, 3.05) is 14.2 Å². The predicted molar refractivity (Wildman–Crippen MR) is 95.5 cm³/mol. The SMILES string of the molecule is COc1ccc(-c2nnc(SCc3cc(F)ccc3OC)n2C)cc1. The van der Waals surface area contributed by atoms with Crippen molar-refractivity contribution in [3.05, 3.63) is 53.8 Å². The number of benzene rings is 2. The summed E-state index contributed by atoms with van der Waals surface area (Å²) in [7, 11) is 5.11. The van der Waals surface area contributed by atoms with E-state index in [4.69, 9.17) is 9.47 Å². The summed E-state index contributed by atoms with van der Waals surface area (Å²) in [5.41, 5.74) is 1.73. The Morgan fingerprint density at radius 3 is 2.48 bits per heavy atom. The first kappa shape index (κ1) is 17.3. The van der Waals surface area contributed by atoms with Crippen molar-refractivity contribution in [3.63, 3.8) is 0 Å². The maximum atomic E-state index is 13.5. The lowest BCUT2D eigenvalue weighted by Crippen LogP contribution is -1.96. The Morgan fingerprint density at radius 2 is 1.80 bits per heavy atom. The second-order valence-corrected chi connectivity index (χ2v) is 6.28. The molecule has 0 saturated heterocycles. The van der Waals surface area contributed by atoms with Gasteiger partial charge in [0, 0.05) is 23.9 Å². The van der Waals surface area contributed by atoms with Gasteiger partial charge in [-0.1, -0.05) is 11.8 Å². The molecule has 5 nitrogen and oxygen atoms in total. The molecule has 0 unspecified atom stereocenters. The van der Waals surface area contributed by atoms with E-state index in [9.17, 15) is 4.39 Å². The normalized spacial score (nSPS) is 10.7. The average Bonchev–Trinajstić information content (AvgIpc) is 3.01. The number of hydrogen-bond donors (Lipinski definition) is 0. The van der Waals surface area contributed by atoms with Crippen LogP contribution >= 0.6 is 11.8 Å². The highest BCUT2D eigenvalue weighted by molar-refractivity contribution is 7.98. The number of hydrogen-bond acceptors (Lipinski definition) is 5. The zero-order valence-electron chi connectivity index (χ0n) is 14.2. The summed E-state index contributed by atoms with van der Waals surface area (Å²) in [6.07, 6.45) is 0. The molecule has 0 radical (unpaired) electrons. The van der Waals surface area contributed by atoms with Gasteiger partial charge >= 0.3 is 0 Å². The molecule has 0 bridgehead atoms. The number of rotatable bonds is 6. The van der Waals surface area contributed by atoms with Gasteiger partial charge in [0.2, 0.25) is 0 Å². The number of thioether (sulfide) groups is 1. The van der Waals surface area contributed by atoms with Crippen LogP contribution in [0.5, 0.6) is 11.5 Å². The van der Waals surface area contributed by atoms with Gasteiger partial charge in [0.15, 0.2) is 11.0 Å². The number of methoxy groups -OCH3 is 2. The molecule has 0 N–H and O–H groups in total. The molecule has 3 aromatic rings. The van der Waals surface area contributed by atoms with Gasteiger partial charge in [-0.3, -0.25) is 0 Å². The van der Waals surface area contributed by atoms with Crippen LogP contribution in [0.25, 0.3) is 11.4 Å². The third-order valence-corrected chi connectivity index (χ3v) is 4.85. The molecule has 0 amide bonds. The second-order valence-electron chi connectivity index (χ2n) is 5.34. The zero-order chi connectivity index (χ0) is 17.8. The van der Waals surface area contributed by atoms with Gasteiger partial charge in [0.05, 0.1) is 14.2 Å². The fourth-order valence-corrected chi connectivity index (χ4v) is 3.32. The summed E-state index contributed by atoms with van der Waals surface area (Å²) in [6.45, 7) is 0. The van der Waals surface area contributed by atoms with Crippen LogP contribution in [0, 0.1) is 5.82 Å². The molecule has 1 heterocycles. The van der Waals surface area contributed by atoms with E-state index in [0.717, 1.165) is 27.9 Å². The maximum absolute atomic E-state index is 13.5. The van der Waals surface area contributed by atoms with Gasteiger partial charge in [-0.05, 0) is 42.5 Å². The Morgan fingerprint density at radius 1 is 1.04 bits per heavy atom. The lowest BCUT2D eigenvalue weighted by Gasteiger charge is -2.08. The monoisotopic (exact) mass is 359 g/mol. The van der Waals surface area contributed by atoms with Crippen molar-refractivity contribution in [1.29, 1.82) is 0 Å². The average molecular weight is 359 g/mol. The largest absolute Gasteiger partial charge is 0.497 e. The van der Waals surface area contributed by atoms with Gasteiger partial charge < -0.3 is 14.0 Å². The van der Waals surface area contributed by atoms with Crippen molar-refractivity contribution in [1.82, 2.24) is 14.8 Å². The molecular formula is C18H18FN3O2S. The molecule has 0 fully saturated rings. The smallest absolute Gasteiger partial charge is 0.191 e. The predicted octanol–water partition coefficient (Wildman–Crippen LogP) is 3.93. The van der Waals surface area contributed by atoms with E-state index in [1.807, 2.05) is 35.9 Å². The topological polar surface area (TPSA) is 49.2 Å². The minimum absolute atomic E-state index is 0.284. The summed E-state index contributed by atoms with van der Waals surface area (Å²) < 4.78 is 25.8. The van der Waals surface area contributed by atoms with Crippen molar-refractivity contribution < 1.29 is 13.9 Å². The number of halogens is 1. The van der Waals surface area contributed by atoms with Crippen LogP contribution < -0.4 is 9.47 Å². The highest BCUT2D eigenvalue weighted by atomic mass is 32.2. The van der Waals surface area contributed by atoms with Crippen molar-refractivity contribution in [2.24, 2.45) is 7.05 Å². The standard InChI is InChI=1S/C18H18FN3O2S/c1-22-17(12-4-7-15(23-2)8-5-12)20-21-18(22)25-11-13-10-14(19)6-9-16(13)24-3/h4-10H,11H2,1-3H3. The third-order valence-electron chi connectivity index (χ3n) is 3.78. The third kappa shape index (κ3) is 3.76. The summed E-state index contributed by atoms with van der Waals surface area (Å²) in [4.78, 5) is 0. The van der Waals surface area contributed by atoms with Crippen molar-refractivity contribution >= 4 is 11.8 Å². The van der Waals surface area contributed by atoms with E-state index in [1.165, 1.54) is 23.9 Å². The Balaban J connectivity index is 1.78. The lowest BCUT2D eigenvalue weighted by molar-refractivity contribution is 0.410. The molecule has 130 valence electrons. The van der Waals surface area contributed by atoms with E-state index in [1.54, 1.807) is 20.3 Å². The molecule has 0 atom stereocenters. The minimum Gasteiger partial charge on any atom is -0.497 e. The molecule has 0 aliphatic heterocycles. The molecule has 0 aliphatic rings. The van der Waals surface area contributed by atoms with E-state index in [0.29, 0.717) is 11.5 Å². The molecule has 25 heavy (non-hydrogen) atoms. The van der Waals surface area contributed by atoms with Gasteiger partial charge in [0.25, 0.3) is 0 Å². The number of aromatic nitrogens is 3. The Bertz CT molecular complexity index is 865. The quantitative estimate of drug-likeness (QED) is 0.624. The molecule has 7 heteroatoms.